The van der Waals surface area contributed by atoms with Gasteiger partial charge >= 0.3 is 17.9 Å². The Hall–Kier alpha value is -3.62. The van der Waals surface area contributed by atoms with Crippen LogP contribution < -0.4 is 16.0 Å². The van der Waals surface area contributed by atoms with Gasteiger partial charge in [0.15, 0.2) is 0 Å². The quantitative estimate of drug-likeness (QED) is 0.128. The highest BCUT2D eigenvalue weighted by Gasteiger charge is 2.24. The third-order valence-corrected chi connectivity index (χ3v) is 8.32. The topological polar surface area (TPSA) is 148 Å². The van der Waals surface area contributed by atoms with Gasteiger partial charge in [-0.15, -0.1) is 0 Å². The molecule has 3 atom stereocenters. The van der Waals surface area contributed by atoms with Gasteiger partial charge in [-0.2, -0.15) is 0 Å². The minimum absolute atomic E-state index is 0.289. The third kappa shape index (κ3) is 10.9. The van der Waals surface area contributed by atoms with Gasteiger partial charge in [-0.3, -0.25) is 14.4 Å². The van der Waals surface area contributed by atoms with Crippen LogP contribution in [-0.4, -0.2) is 70.2 Å². The number of rotatable bonds is 18. The molecule has 0 amide bonds. The molecule has 3 aromatic rings. The molecule has 0 unspecified atom stereocenters. The first-order valence-electron chi connectivity index (χ1n) is 13.0. The van der Waals surface area contributed by atoms with Gasteiger partial charge in [-0.25, -0.2) is 0 Å². The fourth-order valence-electron chi connectivity index (χ4n) is 4.18. The minimum atomic E-state index is -1.08. The summed E-state index contributed by atoms with van der Waals surface area (Å²) in [4.78, 5) is 36.0. The number of hydrogen-bond donors (Lipinski definition) is 6. The Morgan fingerprint density at radius 3 is 0.975 bits per heavy atom. The van der Waals surface area contributed by atoms with Gasteiger partial charge in [-0.1, -0.05) is 98.9 Å². The normalized spacial score (nSPS) is 13.4. The van der Waals surface area contributed by atoms with Crippen molar-refractivity contribution in [2.45, 2.75) is 37.4 Å². The summed E-state index contributed by atoms with van der Waals surface area (Å²) in [5.41, 5.74) is 2.64. The van der Waals surface area contributed by atoms with Crippen LogP contribution in [-0.2, 0) is 33.6 Å². The molecular formula is C30H36N3O6P. The zero-order valence-corrected chi connectivity index (χ0v) is 23.0. The van der Waals surface area contributed by atoms with Gasteiger partial charge in [0.25, 0.3) is 0 Å². The van der Waals surface area contributed by atoms with Crippen molar-refractivity contribution >= 4 is 25.8 Å². The molecule has 0 spiro atoms. The second kappa shape index (κ2) is 16.5. The lowest BCUT2D eigenvalue weighted by Crippen LogP contribution is -2.44. The van der Waals surface area contributed by atoms with E-state index in [0.29, 0.717) is 18.9 Å². The lowest BCUT2D eigenvalue weighted by atomic mass is 10.1. The molecule has 10 heteroatoms. The van der Waals surface area contributed by atoms with Crippen LogP contribution in [0.1, 0.15) is 16.7 Å². The second-order valence-corrected chi connectivity index (χ2v) is 11.8. The third-order valence-electron chi connectivity index (χ3n) is 6.43. The van der Waals surface area contributed by atoms with Crippen molar-refractivity contribution in [3.8, 4) is 0 Å². The van der Waals surface area contributed by atoms with Crippen LogP contribution in [0.3, 0.4) is 0 Å². The first-order valence-corrected chi connectivity index (χ1v) is 14.9. The van der Waals surface area contributed by atoms with E-state index >= 15 is 0 Å². The number of aliphatic carboxylic acids is 3. The maximum atomic E-state index is 12.0. The molecule has 212 valence electrons. The van der Waals surface area contributed by atoms with Crippen molar-refractivity contribution < 1.29 is 29.7 Å². The molecule has 0 heterocycles. The van der Waals surface area contributed by atoms with E-state index in [1.807, 2.05) is 91.0 Å². The lowest BCUT2D eigenvalue weighted by Gasteiger charge is -2.26. The van der Waals surface area contributed by atoms with Gasteiger partial charge < -0.3 is 31.3 Å². The van der Waals surface area contributed by atoms with Crippen molar-refractivity contribution in [1.29, 1.82) is 0 Å². The molecular weight excluding hydrogens is 529 g/mol. The van der Waals surface area contributed by atoms with Gasteiger partial charge in [-0.05, 0) is 36.0 Å². The maximum absolute atomic E-state index is 12.0. The van der Waals surface area contributed by atoms with E-state index in [1.165, 1.54) is 0 Å². The van der Waals surface area contributed by atoms with E-state index in [9.17, 15) is 29.7 Å². The molecule has 0 bridgehead atoms. The first-order chi connectivity index (χ1) is 19.3. The minimum Gasteiger partial charge on any atom is -0.480 e. The van der Waals surface area contributed by atoms with E-state index in [4.69, 9.17) is 0 Å². The monoisotopic (exact) mass is 565 g/mol. The van der Waals surface area contributed by atoms with Crippen molar-refractivity contribution in [3.63, 3.8) is 0 Å². The van der Waals surface area contributed by atoms with Crippen LogP contribution in [0.5, 0.6) is 0 Å². The largest absolute Gasteiger partial charge is 0.480 e. The molecule has 6 N–H and O–H groups in total. The maximum Gasteiger partial charge on any atom is 0.321 e. The van der Waals surface area contributed by atoms with Gasteiger partial charge in [0, 0.05) is 18.9 Å². The Morgan fingerprint density at radius 1 is 0.500 bits per heavy atom. The molecule has 9 nitrogen and oxygen atoms in total. The number of carboxylic acids is 3. The highest BCUT2D eigenvalue weighted by Crippen LogP contribution is 2.32. The summed E-state index contributed by atoms with van der Waals surface area (Å²) in [7, 11) is -1.08. The Labute approximate surface area is 235 Å². The Bertz CT molecular complexity index is 1050. The highest BCUT2D eigenvalue weighted by atomic mass is 31.1. The number of carbonyl (C=O) groups is 3. The fraction of sp³-hybridized carbons (Fsp3) is 0.300. The molecule has 0 radical (unpaired) electrons. The van der Waals surface area contributed by atoms with Crippen LogP contribution in [0.15, 0.2) is 91.0 Å². The molecule has 0 saturated carbocycles. The molecule has 3 rings (SSSR count). The smallest absolute Gasteiger partial charge is 0.321 e. The van der Waals surface area contributed by atoms with E-state index in [1.54, 1.807) is 0 Å². The molecule has 3 aromatic carbocycles. The summed E-state index contributed by atoms with van der Waals surface area (Å²) >= 11 is 0. The Morgan fingerprint density at radius 2 is 0.750 bits per heavy atom. The summed E-state index contributed by atoms with van der Waals surface area (Å²) in [5.74, 6) is -2.96. The number of hydrogen-bond acceptors (Lipinski definition) is 6. The van der Waals surface area contributed by atoms with Gasteiger partial charge in [0.05, 0.1) is 0 Å². The fourth-order valence-corrected chi connectivity index (χ4v) is 5.95. The highest BCUT2D eigenvalue weighted by molar-refractivity contribution is 7.57. The summed E-state index contributed by atoms with van der Waals surface area (Å²) in [6.07, 6.45) is 1.77. The van der Waals surface area contributed by atoms with Crippen molar-refractivity contribution in [1.82, 2.24) is 16.0 Å². The molecule has 0 aliphatic rings. The molecule has 40 heavy (non-hydrogen) atoms. The van der Waals surface area contributed by atoms with E-state index in [2.05, 4.69) is 16.0 Å². The summed E-state index contributed by atoms with van der Waals surface area (Å²) in [6.45, 7) is 0. The van der Waals surface area contributed by atoms with Crippen LogP contribution in [0.2, 0.25) is 0 Å². The van der Waals surface area contributed by atoms with Crippen LogP contribution in [0.4, 0.5) is 0 Å². The predicted molar refractivity (Wildman–Crippen MR) is 156 cm³/mol. The molecule has 0 aliphatic heterocycles. The average Bonchev–Trinajstić information content (AvgIpc) is 2.95. The average molecular weight is 566 g/mol. The standard InChI is InChI=1S/C30H36N3O6P/c34-28(35)25(16-22-10-4-1-5-11-22)31-19-40(20-32-26(29(36)37)17-23-12-6-2-7-13-23)21-33-27(30(38)39)18-24-14-8-3-9-15-24/h1-15,25-27,31-33H,16-21H2,(H,34,35)(H,36,37)(H,38,39)/t25-,26-,27-/m0/s1. The molecule has 0 aromatic heterocycles. The molecule has 0 aliphatic carbocycles. The summed E-state index contributed by atoms with van der Waals surface area (Å²) < 4.78 is 0. The molecule has 0 saturated heterocycles. The van der Waals surface area contributed by atoms with Crippen LogP contribution in [0.25, 0.3) is 0 Å². The number of benzene rings is 3. The number of carboxylic acid groups (broad SMARTS) is 3. The second-order valence-electron chi connectivity index (χ2n) is 9.50. The molecule has 0 fully saturated rings. The van der Waals surface area contributed by atoms with E-state index < -0.39 is 44.0 Å². The van der Waals surface area contributed by atoms with Crippen molar-refractivity contribution in [2.24, 2.45) is 0 Å². The van der Waals surface area contributed by atoms with Crippen molar-refractivity contribution in [3.05, 3.63) is 108 Å². The van der Waals surface area contributed by atoms with Crippen LogP contribution in [0, 0.1) is 0 Å². The Balaban J connectivity index is 1.69. The summed E-state index contributed by atoms with van der Waals surface area (Å²) in [6, 6.07) is 25.4. The van der Waals surface area contributed by atoms with E-state index in [-0.39, 0.29) is 19.3 Å². The predicted octanol–water partition coefficient (Wildman–Crippen LogP) is 3.20. The number of nitrogens with one attached hydrogen (secondary N) is 3. The summed E-state index contributed by atoms with van der Waals surface area (Å²) in [5, 5.41) is 38.8. The lowest BCUT2D eigenvalue weighted by molar-refractivity contribution is -0.140. The van der Waals surface area contributed by atoms with Gasteiger partial charge in [0.2, 0.25) is 0 Å². The first kappa shape index (κ1) is 30.9. The van der Waals surface area contributed by atoms with Gasteiger partial charge in [0.1, 0.15) is 18.1 Å². The zero-order valence-electron chi connectivity index (χ0n) is 22.1. The van der Waals surface area contributed by atoms with E-state index in [0.717, 1.165) is 16.7 Å². The SMILES string of the molecule is O=C(O)[C@H](Cc1ccccc1)NCP(CN[C@@H](Cc1ccccc1)C(=O)O)CN[C@@H](Cc1ccccc1)C(=O)O. The zero-order chi connectivity index (χ0) is 28.7. The van der Waals surface area contributed by atoms with Crippen LogP contribution >= 0.6 is 7.92 Å². The van der Waals surface area contributed by atoms with Crippen molar-refractivity contribution in [2.75, 3.05) is 18.9 Å². The Kier molecular flexibility index (Phi) is 12.7.